The van der Waals surface area contributed by atoms with Crippen LogP contribution in [0.5, 0.6) is 5.75 Å². The zero-order chi connectivity index (χ0) is 17.4. The minimum Gasteiger partial charge on any atom is -0.497 e. The highest BCUT2D eigenvalue weighted by atomic mass is 19.4. The fraction of sp³-hybridized carbons (Fsp3) is 0.467. The van der Waals surface area contributed by atoms with Crippen molar-refractivity contribution < 1.29 is 27.8 Å². The maximum absolute atomic E-state index is 13.3. The second-order valence-corrected chi connectivity index (χ2v) is 5.59. The van der Waals surface area contributed by atoms with Gasteiger partial charge in [0.1, 0.15) is 5.75 Å². The summed E-state index contributed by atoms with van der Waals surface area (Å²) in [5.41, 5.74) is -3.28. The van der Waals surface area contributed by atoms with Gasteiger partial charge in [-0.25, -0.2) is 0 Å². The highest BCUT2D eigenvalue weighted by molar-refractivity contribution is 5.99. The molecule has 0 spiro atoms. The minimum atomic E-state index is -5.03. The van der Waals surface area contributed by atoms with Gasteiger partial charge in [-0.3, -0.25) is 4.79 Å². The first-order valence-corrected chi connectivity index (χ1v) is 6.95. The van der Waals surface area contributed by atoms with Crippen molar-refractivity contribution in [1.82, 2.24) is 5.01 Å². The number of hydrazone groups is 1. The quantitative estimate of drug-likeness (QED) is 0.927. The molecule has 0 radical (unpaired) electrons. The number of hydrogen-bond donors (Lipinski definition) is 1. The van der Waals surface area contributed by atoms with Crippen molar-refractivity contribution in [3.8, 4) is 5.75 Å². The number of amides is 1. The summed E-state index contributed by atoms with van der Waals surface area (Å²) in [6.07, 6.45) is -5.79. The van der Waals surface area contributed by atoms with Crippen LogP contribution in [0.4, 0.5) is 13.2 Å². The fourth-order valence-electron chi connectivity index (χ4n) is 2.21. The van der Waals surface area contributed by atoms with Crippen LogP contribution in [0.1, 0.15) is 30.6 Å². The van der Waals surface area contributed by atoms with Gasteiger partial charge in [-0.05, 0) is 24.1 Å². The molecular formula is C15H17F3N2O3. The number of aliphatic hydroxyl groups is 1. The van der Waals surface area contributed by atoms with E-state index in [-0.39, 0.29) is 22.2 Å². The molecule has 126 valence electrons. The number of benzene rings is 1. The van der Waals surface area contributed by atoms with E-state index in [0.29, 0.717) is 5.75 Å². The van der Waals surface area contributed by atoms with Crippen molar-refractivity contribution in [3.05, 3.63) is 29.8 Å². The maximum Gasteiger partial charge on any atom is 0.438 e. The third kappa shape index (κ3) is 3.03. The number of carbonyl (C=O) groups excluding carboxylic acids is 1. The van der Waals surface area contributed by atoms with Gasteiger partial charge in [0.25, 0.3) is 11.6 Å². The molecule has 1 aromatic carbocycles. The van der Waals surface area contributed by atoms with Gasteiger partial charge < -0.3 is 9.84 Å². The standard InChI is InChI=1S/C15H17F3N2O3/c1-9(2)12-8-14(22,15(16,17)18)20(19-12)13(21)10-5-4-6-11(7-10)23-3/h4-7,9,22H,8H2,1-3H3/t14-/m0/s1. The van der Waals surface area contributed by atoms with Crippen LogP contribution in [0.3, 0.4) is 0 Å². The molecule has 1 atom stereocenters. The molecule has 0 bridgehead atoms. The number of nitrogens with zero attached hydrogens (tertiary/aromatic N) is 2. The molecule has 1 N–H and O–H groups in total. The van der Waals surface area contributed by atoms with Gasteiger partial charge in [0.2, 0.25) is 0 Å². The summed E-state index contributed by atoms with van der Waals surface area (Å²) in [5, 5.41) is 14.0. The Kier molecular flexibility index (Phi) is 4.39. The second kappa shape index (κ2) is 5.84. The molecule has 0 aromatic heterocycles. The number of rotatable bonds is 3. The molecule has 0 unspecified atom stereocenters. The van der Waals surface area contributed by atoms with Crippen LogP contribution >= 0.6 is 0 Å². The number of hydrogen-bond acceptors (Lipinski definition) is 4. The lowest BCUT2D eigenvalue weighted by Crippen LogP contribution is -2.56. The summed E-state index contributed by atoms with van der Waals surface area (Å²) >= 11 is 0. The zero-order valence-electron chi connectivity index (χ0n) is 12.9. The molecule has 0 fully saturated rings. The summed E-state index contributed by atoms with van der Waals surface area (Å²) in [5.74, 6) is -1.05. The summed E-state index contributed by atoms with van der Waals surface area (Å²) < 4.78 is 44.9. The SMILES string of the molecule is COc1cccc(C(=O)N2N=C(C(C)C)C[C@]2(O)C(F)(F)F)c1. The van der Waals surface area contributed by atoms with Crippen LogP contribution in [-0.4, -0.2) is 40.7 Å². The van der Waals surface area contributed by atoms with E-state index >= 15 is 0 Å². The Bertz CT molecular complexity index is 643. The van der Waals surface area contributed by atoms with Crippen molar-refractivity contribution in [1.29, 1.82) is 0 Å². The average molecular weight is 330 g/mol. The Morgan fingerprint density at radius 2 is 2.09 bits per heavy atom. The molecule has 1 heterocycles. The van der Waals surface area contributed by atoms with E-state index in [2.05, 4.69) is 5.10 Å². The maximum atomic E-state index is 13.3. The van der Waals surface area contributed by atoms with E-state index in [1.165, 1.54) is 25.3 Å². The Hall–Kier alpha value is -2.09. The van der Waals surface area contributed by atoms with Crippen LogP contribution in [0.2, 0.25) is 0 Å². The minimum absolute atomic E-state index is 0.0548. The molecular weight excluding hydrogens is 313 g/mol. The third-order valence-electron chi connectivity index (χ3n) is 3.64. The smallest absolute Gasteiger partial charge is 0.438 e. The van der Waals surface area contributed by atoms with E-state index in [0.717, 1.165) is 0 Å². The zero-order valence-corrected chi connectivity index (χ0v) is 12.9. The molecule has 2 rings (SSSR count). The van der Waals surface area contributed by atoms with Crippen molar-refractivity contribution in [2.45, 2.75) is 32.2 Å². The molecule has 1 aliphatic heterocycles. The van der Waals surface area contributed by atoms with Crippen LogP contribution in [0.15, 0.2) is 29.4 Å². The molecule has 0 aliphatic carbocycles. The molecule has 1 amide bonds. The van der Waals surface area contributed by atoms with Gasteiger partial charge in [0.05, 0.1) is 7.11 Å². The fourth-order valence-corrected chi connectivity index (χ4v) is 2.21. The molecule has 5 nitrogen and oxygen atoms in total. The number of ether oxygens (including phenoxy) is 1. The van der Waals surface area contributed by atoms with E-state index in [4.69, 9.17) is 4.74 Å². The van der Waals surface area contributed by atoms with Crippen molar-refractivity contribution in [3.63, 3.8) is 0 Å². The Labute approximate surface area is 131 Å². The monoisotopic (exact) mass is 330 g/mol. The second-order valence-electron chi connectivity index (χ2n) is 5.59. The predicted molar refractivity (Wildman–Crippen MR) is 77.1 cm³/mol. The Balaban J connectivity index is 2.45. The number of alkyl halides is 3. The summed E-state index contributed by atoms with van der Waals surface area (Å²) in [6.45, 7) is 3.30. The van der Waals surface area contributed by atoms with Crippen LogP contribution in [-0.2, 0) is 0 Å². The number of halogens is 3. The van der Waals surface area contributed by atoms with Crippen molar-refractivity contribution >= 4 is 11.6 Å². The Morgan fingerprint density at radius 3 is 2.61 bits per heavy atom. The molecule has 8 heteroatoms. The predicted octanol–water partition coefficient (Wildman–Crippen LogP) is 2.80. The van der Waals surface area contributed by atoms with Crippen LogP contribution < -0.4 is 4.74 Å². The van der Waals surface area contributed by atoms with E-state index in [1.54, 1.807) is 19.9 Å². The van der Waals surface area contributed by atoms with Gasteiger partial charge in [-0.1, -0.05) is 19.9 Å². The van der Waals surface area contributed by atoms with Gasteiger partial charge in [-0.15, -0.1) is 0 Å². The van der Waals surface area contributed by atoms with Gasteiger partial charge >= 0.3 is 6.18 Å². The average Bonchev–Trinajstić information content (AvgIpc) is 2.86. The van der Waals surface area contributed by atoms with Crippen molar-refractivity contribution in [2.24, 2.45) is 11.0 Å². The Morgan fingerprint density at radius 1 is 1.43 bits per heavy atom. The van der Waals surface area contributed by atoms with E-state index < -0.39 is 24.2 Å². The molecule has 1 aliphatic rings. The normalized spacial score (nSPS) is 21.6. The van der Waals surface area contributed by atoms with Gasteiger partial charge in [0.15, 0.2) is 0 Å². The number of methoxy groups -OCH3 is 1. The highest BCUT2D eigenvalue weighted by Crippen LogP contribution is 2.42. The summed E-state index contributed by atoms with van der Waals surface area (Å²) in [7, 11) is 1.38. The largest absolute Gasteiger partial charge is 0.497 e. The first kappa shape index (κ1) is 17.3. The summed E-state index contributed by atoms with van der Waals surface area (Å²) in [6, 6.07) is 5.66. The van der Waals surface area contributed by atoms with Gasteiger partial charge in [0, 0.05) is 17.7 Å². The molecule has 1 aromatic rings. The van der Waals surface area contributed by atoms with E-state index in [1.807, 2.05) is 0 Å². The number of carbonyl (C=O) groups is 1. The molecule has 23 heavy (non-hydrogen) atoms. The lowest BCUT2D eigenvalue weighted by atomic mass is 9.98. The molecule has 0 saturated heterocycles. The third-order valence-corrected chi connectivity index (χ3v) is 3.64. The highest BCUT2D eigenvalue weighted by Gasteiger charge is 2.63. The summed E-state index contributed by atoms with van der Waals surface area (Å²) in [4.78, 5) is 12.4. The lowest BCUT2D eigenvalue weighted by Gasteiger charge is -2.32. The first-order valence-electron chi connectivity index (χ1n) is 6.95. The topological polar surface area (TPSA) is 62.1 Å². The van der Waals surface area contributed by atoms with Crippen LogP contribution in [0.25, 0.3) is 0 Å². The first-order chi connectivity index (χ1) is 10.6. The van der Waals surface area contributed by atoms with E-state index in [9.17, 15) is 23.1 Å². The van der Waals surface area contributed by atoms with Crippen LogP contribution in [0, 0.1) is 5.92 Å². The molecule has 0 saturated carbocycles. The van der Waals surface area contributed by atoms with Gasteiger partial charge in [-0.2, -0.15) is 23.3 Å². The lowest BCUT2D eigenvalue weighted by molar-refractivity contribution is -0.297. The van der Waals surface area contributed by atoms with Crippen molar-refractivity contribution in [2.75, 3.05) is 7.11 Å².